The van der Waals surface area contributed by atoms with E-state index in [9.17, 15) is 4.79 Å². The van der Waals surface area contributed by atoms with Gasteiger partial charge in [-0.1, -0.05) is 31.5 Å². The molecule has 0 atom stereocenters. The smallest absolute Gasteiger partial charge is 0.258 e. The molecule has 0 spiro atoms. The van der Waals surface area contributed by atoms with E-state index in [4.69, 9.17) is 17.0 Å². The minimum absolute atomic E-state index is 0.237. The highest BCUT2D eigenvalue weighted by molar-refractivity contribution is 9.10. The molecule has 0 saturated carbocycles. The summed E-state index contributed by atoms with van der Waals surface area (Å²) in [5, 5.41) is 5.90. The summed E-state index contributed by atoms with van der Waals surface area (Å²) in [6, 6.07) is 14.7. The Kier molecular flexibility index (Phi) is 7.21. The van der Waals surface area contributed by atoms with E-state index >= 15 is 0 Å². The lowest BCUT2D eigenvalue weighted by Gasteiger charge is -2.12. The molecule has 0 fully saturated rings. The Bertz CT molecular complexity index is 722. The van der Waals surface area contributed by atoms with Gasteiger partial charge in [-0.25, -0.2) is 0 Å². The maximum absolute atomic E-state index is 12.2. The number of benzene rings is 2. The summed E-state index contributed by atoms with van der Waals surface area (Å²) in [7, 11) is 0. The van der Waals surface area contributed by atoms with E-state index in [1.165, 1.54) is 0 Å². The van der Waals surface area contributed by atoms with Crippen molar-refractivity contribution < 1.29 is 9.53 Å². The van der Waals surface area contributed by atoms with Crippen molar-refractivity contribution in [2.24, 2.45) is 0 Å². The quantitative estimate of drug-likeness (QED) is 0.536. The Balaban J connectivity index is 1.93. The van der Waals surface area contributed by atoms with Crippen molar-refractivity contribution in [2.75, 3.05) is 11.9 Å². The predicted molar refractivity (Wildman–Crippen MR) is 105 cm³/mol. The van der Waals surface area contributed by atoms with Crippen molar-refractivity contribution in [3.8, 4) is 5.75 Å². The van der Waals surface area contributed by atoms with Gasteiger partial charge < -0.3 is 10.1 Å². The number of nitrogens with one attached hydrogen (secondary N) is 2. The summed E-state index contributed by atoms with van der Waals surface area (Å²) in [5.41, 5.74) is 1.29. The van der Waals surface area contributed by atoms with E-state index in [0.29, 0.717) is 12.2 Å². The minimum Gasteiger partial charge on any atom is -0.494 e. The number of carbonyl (C=O) groups is 1. The van der Waals surface area contributed by atoms with Gasteiger partial charge in [-0.05, 0) is 58.8 Å². The van der Waals surface area contributed by atoms with Crippen LogP contribution in [0.3, 0.4) is 0 Å². The summed E-state index contributed by atoms with van der Waals surface area (Å²) < 4.78 is 6.38. The Morgan fingerprint density at radius 1 is 1.21 bits per heavy atom. The van der Waals surface area contributed by atoms with Gasteiger partial charge in [0.25, 0.3) is 5.91 Å². The first-order valence-corrected chi connectivity index (χ1v) is 8.90. The maximum Gasteiger partial charge on any atom is 0.258 e. The van der Waals surface area contributed by atoms with Crippen LogP contribution in [0.25, 0.3) is 0 Å². The van der Waals surface area contributed by atoms with E-state index < -0.39 is 0 Å². The third kappa shape index (κ3) is 5.62. The van der Waals surface area contributed by atoms with Crippen molar-refractivity contribution in [1.29, 1.82) is 0 Å². The number of carbonyl (C=O) groups excluding carboxylic acids is 1. The number of unbranched alkanes of at least 4 members (excludes halogenated alkanes) is 1. The number of anilines is 1. The summed E-state index contributed by atoms with van der Waals surface area (Å²) in [6.45, 7) is 2.80. The number of rotatable bonds is 6. The fourth-order valence-electron chi connectivity index (χ4n) is 1.98. The van der Waals surface area contributed by atoms with Gasteiger partial charge in [0, 0.05) is 16.2 Å². The summed E-state index contributed by atoms with van der Waals surface area (Å²) >= 11 is 8.56. The van der Waals surface area contributed by atoms with Crippen molar-refractivity contribution in [3.05, 3.63) is 58.6 Å². The number of hydrogen-bond acceptors (Lipinski definition) is 3. The minimum atomic E-state index is -0.268. The Morgan fingerprint density at radius 3 is 2.75 bits per heavy atom. The monoisotopic (exact) mass is 406 g/mol. The zero-order valence-electron chi connectivity index (χ0n) is 13.3. The highest BCUT2D eigenvalue weighted by atomic mass is 79.9. The summed E-state index contributed by atoms with van der Waals surface area (Å²) in [5.74, 6) is 0.503. The average Bonchev–Trinajstić information content (AvgIpc) is 2.55. The van der Waals surface area contributed by atoms with Gasteiger partial charge in [0.05, 0.1) is 12.2 Å². The van der Waals surface area contributed by atoms with Gasteiger partial charge in [-0.15, -0.1) is 0 Å². The molecule has 126 valence electrons. The molecule has 2 aromatic carbocycles. The van der Waals surface area contributed by atoms with Crippen LogP contribution in [-0.2, 0) is 0 Å². The van der Waals surface area contributed by atoms with Crippen LogP contribution in [0.4, 0.5) is 5.69 Å². The van der Waals surface area contributed by atoms with Crippen molar-refractivity contribution in [3.63, 3.8) is 0 Å². The van der Waals surface area contributed by atoms with Crippen LogP contribution in [0.1, 0.15) is 30.1 Å². The molecule has 4 nitrogen and oxygen atoms in total. The molecule has 24 heavy (non-hydrogen) atoms. The molecule has 0 saturated heterocycles. The molecule has 1 amide bonds. The molecule has 0 bridgehead atoms. The molecule has 0 radical (unpaired) electrons. The van der Waals surface area contributed by atoms with Crippen LogP contribution >= 0.6 is 28.1 Å². The molecule has 0 aromatic heterocycles. The normalized spacial score (nSPS) is 10.1. The molecule has 0 aliphatic carbocycles. The van der Waals surface area contributed by atoms with Gasteiger partial charge in [0.2, 0.25) is 0 Å². The largest absolute Gasteiger partial charge is 0.494 e. The van der Waals surface area contributed by atoms with Crippen molar-refractivity contribution >= 4 is 44.9 Å². The molecule has 0 aliphatic rings. The van der Waals surface area contributed by atoms with E-state index in [1.807, 2.05) is 36.4 Å². The Hall–Kier alpha value is -1.92. The first-order valence-electron chi connectivity index (χ1n) is 7.70. The molecule has 6 heteroatoms. The molecule has 2 rings (SSSR count). The van der Waals surface area contributed by atoms with Crippen LogP contribution < -0.4 is 15.4 Å². The topological polar surface area (TPSA) is 50.4 Å². The lowest BCUT2D eigenvalue weighted by atomic mass is 10.2. The molecule has 2 aromatic rings. The first-order chi connectivity index (χ1) is 11.6. The average molecular weight is 407 g/mol. The second kappa shape index (κ2) is 9.39. The number of hydrogen-bond donors (Lipinski definition) is 2. The van der Waals surface area contributed by atoms with Gasteiger partial charge in [0.15, 0.2) is 5.11 Å². The molecular formula is C18H19BrN2O2S. The molecule has 0 heterocycles. The van der Waals surface area contributed by atoms with Crippen LogP contribution in [0.2, 0.25) is 0 Å². The fourth-order valence-corrected chi connectivity index (χ4v) is 2.65. The third-order valence-electron chi connectivity index (χ3n) is 3.20. The van der Waals surface area contributed by atoms with Crippen LogP contribution in [0, 0.1) is 0 Å². The number of halogens is 1. The molecule has 0 unspecified atom stereocenters. The van der Waals surface area contributed by atoms with Gasteiger partial charge in [-0.3, -0.25) is 10.1 Å². The van der Waals surface area contributed by atoms with E-state index in [1.54, 1.807) is 12.1 Å². The zero-order chi connectivity index (χ0) is 17.4. The van der Waals surface area contributed by atoms with Crippen LogP contribution in [0.5, 0.6) is 5.75 Å². The molecule has 0 aliphatic heterocycles. The second-order valence-electron chi connectivity index (χ2n) is 5.12. The second-order valence-corrected chi connectivity index (χ2v) is 6.38. The van der Waals surface area contributed by atoms with E-state index in [0.717, 1.165) is 28.8 Å². The number of amides is 1. The zero-order valence-corrected chi connectivity index (χ0v) is 15.7. The molecular weight excluding hydrogens is 388 g/mol. The number of ether oxygens (including phenoxy) is 1. The highest BCUT2D eigenvalue weighted by Crippen LogP contribution is 2.18. The predicted octanol–water partition coefficient (Wildman–Crippen LogP) is 4.75. The van der Waals surface area contributed by atoms with Crippen molar-refractivity contribution in [2.45, 2.75) is 19.8 Å². The van der Waals surface area contributed by atoms with Crippen LogP contribution in [-0.4, -0.2) is 17.6 Å². The Morgan fingerprint density at radius 2 is 2.00 bits per heavy atom. The summed E-state index contributed by atoms with van der Waals surface area (Å²) in [4.78, 5) is 12.2. The summed E-state index contributed by atoms with van der Waals surface area (Å²) in [6.07, 6.45) is 2.10. The highest BCUT2D eigenvalue weighted by Gasteiger charge is 2.11. The van der Waals surface area contributed by atoms with Gasteiger partial charge >= 0.3 is 0 Å². The number of thiocarbonyl (C=S) groups is 1. The van der Waals surface area contributed by atoms with E-state index in [2.05, 4.69) is 33.5 Å². The Labute approximate surface area is 155 Å². The van der Waals surface area contributed by atoms with Crippen LogP contribution in [0.15, 0.2) is 53.0 Å². The van der Waals surface area contributed by atoms with Crippen molar-refractivity contribution in [1.82, 2.24) is 5.32 Å². The lowest BCUT2D eigenvalue weighted by Crippen LogP contribution is -2.34. The lowest BCUT2D eigenvalue weighted by molar-refractivity contribution is 0.0977. The van der Waals surface area contributed by atoms with Gasteiger partial charge in [0.1, 0.15) is 5.75 Å². The first kappa shape index (κ1) is 18.4. The molecule has 2 N–H and O–H groups in total. The standard InChI is InChI=1S/C18H19BrN2O2S/c1-2-3-11-23-14-8-6-7-13(12-14)20-18(24)21-17(22)15-9-4-5-10-16(15)19/h4-10,12H,2-3,11H2,1H3,(H2,20,21,22,24). The third-order valence-corrected chi connectivity index (χ3v) is 4.10. The van der Waals surface area contributed by atoms with E-state index in [-0.39, 0.29) is 11.0 Å². The van der Waals surface area contributed by atoms with Gasteiger partial charge in [-0.2, -0.15) is 0 Å². The SMILES string of the molecule is CCCCOc1cccc(NC(=S)NC(=O)c2ccccc2Br)c1. The maximum atomic E-state index is 12.2. The fraction of sp³-hybridized carbons (Fsp3) is 0.222.